The molecule has 0 aliphatic rings. The van der Waals surface area contributed by atoms with Crippen LogP contribution in [0.25, 0.3) is 11.0 Å². The number of ether oxygens (including phenoxy) is 1. The van der Waals surface area contributed by atoms with Gasteiger partial charge in [-0.25, -0.2) is 4.98 Å². The number of rotatable bonds is 6. The van der Waals surface area contributed by atoms with Gasteiger partial charge in [-0.05, 0) is 36.4 Å². The molecule has 1 aromatic heterocycles. The number of amides is 1. The summed E-state index contributed by atoms with van der Waals surface area (Å²) in [5.74, 6) is 0.989. The van der Waals surface area contributed by atoms with E-state index in [9.17, 15) is 4.79 Å². The van der Waals surface area contributed by atoms with Gasteiger partial charge in [0, 0.05) is 15.6 Å². The number of benzene rings is 3. The van der Waals surface area contributed by atoms with E-state index < -0.39 is 0 Å². The van der Waals surface area contributed by atoms with Gasteiger partial charge < -0.3 is 14.6 Å². The van der Waals surface area contributed by atoms with E-state index in [1.807, 2.05) is 53.1 Å². The molecule has 3 aromatic carbocycles. The third kappa shape index (κ3) is 3.99. The minimum absolute atomic E-state index is 0.234. The lowest BCUT2D eigenvalue weighted by Crippen LogP contribution is -2.25. The lowest BCUT2D eigenvalue weighted by atomic mass is 10.2. The average Bonchev–Trinajstić information content (AvgIpc) is 3.12. The van der Waals surface area contributed by atoms with E-state index in [4.69, 9.17) is 32.9 Å². The van der Waals surface area contributed by atoms with Crippen LogP contribution in [-0.2, 0) is 13.1 Å². The van der Waals surface area contributed by atoms with Gasteiger partial charge in [-0.15, -0.1) is 0 Å². The van der Waals surface area contributed by atoms with Gasteiger partial charge in [0.05, 0.1) is 36.8 Å². The number of carbonyl (C=O) groups excluding carboxylic acids is 1. The number of imidazole rings is 1. The van der Waals surface area contributed by atoms with Crippen LogP contribution in [0.1, 0.15) is 21.7 Å². The smallest absolute Gasteiger partial charge is 0.255 e. The second-order valence-electron chi connectivity index (χ2n) is 6.69. The van der Waals surface area contributed by atoms with E-state index >= 15 is 0 Å². The molecular weight excluding hydrogens is 421 g/mol. The second-order valence-corrected chi connectivity index (χ2v) is 7.50. The first-order valence-corrected chi connectivity index (χ1v) is 10.1. The number of methoxy groups -OCH3 is 1. The summed E-state index contributed by atoms with van der Waals surface area (Å²) in [6.07, 6.45) is 0. The van der Waals surface area contributed by atoms with Crippen LogP contribution < -0.4 is 10.1 Å². The molecule has 4 rings (SSSR count). The molecule has 152 valence electrons. The number of hydrogen-bond acceptors (Lipinski definition) is 3. The molecule has 30 heavy (non-hydrogen) atoms. The Bertz CT molecular complexity index is 1200. The molecule has 0 spiro atoms. The van der Waals surface area contributed by atoms with Crippen molar-refractivity contribution in [1.82, 2.24) is 14.9 Å². The topological polar surface area (TPSA) is 56.1 Å². The third-order valence-electron chi connectivity index (χ3n) is 4.87. The quantitative estimate of drug-likeness (QED) is 0.441. The molecule has 4 aromatic rings. The van der Waals surface area contributed by atoms with Crippen LogP contribution in [0.3, 0.4) is 0 Å². The van der Waals surface area contributed by atoms with Gasteiger partial charge in [-0.1, -0.05) is 53.5 Å². The minimum Gasteiger partial charge on any atom is -0.496 e. The normalized spacial score (nSPS) is 10.9. The van der Waals surface area contributed by atoms with Gasteiger partial charge in [0.1, 0.15) is 11.6 Å². The highest BCUT2D eigenvalue weighted by Crippen LogP contribution is 2.27. The minimum atomic E-state index is -0.234. The van der Waals surface area contributed by atoms with Crippen molar-refractivity contribution in [3.63, 3.8) is 0 Å². The van der Waals surface area contributed by atoms with Crippen LogP contribution in [-0.4, -0.2) is 22.6 Å². The highest BCUT2D eigenvalue weighted by molar-refractivity contribution is 6.36. The van der Waals surface area contributed by atoms with Crippen molar-refractivity contribution < 1.29 is 9.53 Å². The van der Waals surface area contributed by atoms with E-state index in [-0.39, 0.29) is 12.5 Å². The molecule has 0 radical (unpaired) electrons. The van der Waals surface area contributed by atoms with Crippen LogP contribution in [0.2, 0.25) is 10.0 Å². The Balaban J connectivity index is 1.66. The van der Waals surface area contributed by atoms with Crippen molar-refractivity contribution in [2.24, 2.45) is 0 Å². The summed E-state index contributed by atoms with van der Waals surface area (Å²) in [6, 6.07) is 20.3. The highest BCUT2D eigenvalue weighted by atomic mass is 35.5. The lowest BCUT2D eigenvalue weighted by Gasteiger charge is -2.13. The lowest BCUT2D eigenvalue weighted by molar-refractivity contribution is 0.0946. The molecule has 0 bridgehead atoms. The Morgan fingerprint density at radius 1 is 1.00 bits per heavy atom. The zero-order valence-corrected chi connectivity index (χ0v) is 17.7. The Hall–Kier alpha value is -3.02. The van der Waals surface area contributed by atoms with Crippen molar-refractivity contribution in [3.05, 3.63) is 93.7 Å². The molecule has 0 fully saturated rings. The number of carbonyl (C=O) groups is 1. The van der Waals surface area contributed by atoms with Crippen molar-refractivity contribution in [2.75, 3.05) is 7.11 Å². The third-order valence-corrected chi connectivity index (χ3v) is 5.58. The van der Waals surface area contributed by atoms with E-state index in [2.05, 4.69) is 5.32 Å². The zero-order valence-electron chi connectivity index (χ0n) is 16.2. The summed E-state index contributed by atoms with van der Waals surface area (Å²) < 4.78 is 7.30. The maximum Gasteiger partial charge on any atom is 0.255 e. The van der Waals surface area contributed by atoms with E-state index in [1.54, 1.807) is 25.3 Å². The SMILES string of the molecule is COc1ccccc1C(=O)NCc1nc2ccccc2n1Cc1c(Cl)cccc1Cl. The molecule has 1 amide bonds. The first-order valence-electron chi connectivity index (χ1n) is 9.36. The molecule has 0 atom stereocenters. The predicted molar refractivity (Wildman–Crippen MR) is 119 cm³/mol. The van der Waals surface area contributed by atoms with Gasteiger partial charge in [0.25, 0.3) is 5.91 Å². The Morgan fingerprint density at radius 2 is 1.70 bits per heavy atom. The molecule has 0 aliphatic heterocycles. The number of para-hydroxylation sites is 3. The summed E-state index contributed by atoms with van der Waals surface area (Å²) in [4.78, 5) is 17.4. The fraction of sp³-hybridized carbons (Fsp3) is 0.130. The van der Waals surface area contributed by atoms with E-state index in [0.717, 1.165) is 16.6 Å². The number of hydrogen-bond donors (Lipinski definition) is 1. The van der Waals surface area contributed by atoms with E-state index in [1.165, 1.54) is 0 Å². The first kappa shape index (κ1) is 20.3. The summed E-state index contributed by atoms with van der Waals surface area (Å²) >= 11 is 12.8. The average molecular weight is 440 g/mol. The largest absolute Gasteiger partial charge is 0.496 e. The van der Waals surface area contributed by atoms with Gasteiger partial charge in [-0.2, -0.15) is 0 Å². The Morgan fingerprint density at radius 3 is 2.47 bits per heavy atom. The molecule has 1 N–H and O–H groups in total. The molecule has 0 unspecified atom stereocenters. The Kier molecular flexibility index (Phi) is 5.93. The molecular formula is C23H19Cl2N3O2. The van der Waals surface area contributed by atoms with Gasteiger partial charge in [-0.3, -0.25) is 4.79 Å². The maximum absolute atomic E-state index is 12.7. The second kappa shape index (κ2) is 8.78. The molecule has 7 heteroatoms. The van der Waals surface area contributed by atoms with Crippen LogP contribution in [0.4, 0.5) is 0 Å². The van der Waals surface area contributed by atoms with Crippen LogP contribution in [0.5, 0.6) is 5.75 Å². The monoisotopic (exact) mass is 439 g/mol. The fourth-order valence-electron chi connectivity index (χ4n) is 3.37. The van der Waals surface area contributed by atoms with Crippen molar-refractivity contribution >= 4 is 40.1 Å². The van der Waals surface area contributed by atoms with Gasteiger partial charge in [0.2, 0.25) is 0 Å². The van der Waals surface area contributed by atoms with Gasteiger partial charge in [0.15, 0.2) is 0 Å². The van der Waals surface area contributed by atoms with E-state index in [0.29, 0.717) is 33.7 Å². The van der Waals surface area contributed by atoms with Crippen molar-refractivity contribution in [3.8, 4) is 5.75 Å². The maximum atomic E-state index is 12.7. The molecule has 0 saturated carbocycles. The molecule has 1 heterocycles. The van der Waals surface area contributed by atoms with Crippen LogP contribution in [0.15, 0.2) is 66.7 Å². The number of fused-ring (bicyclic) bond motifs is 1. The predicted octanol–water partition coefficient (Wildman–Crippen LogP) is 5.33. The van der Waals surface area contributed by atoms with Crippen LogP contribution in [0, 0.1) is 0 Å². The Labute approximate surface area is 184 Å². The molecule has 5 nitrogen and oxygen atoms in total. The summed E-state index contributed by atoms with van der Waals surface area (Å²) in [6.45, 7) is 0.687. The summed E-state index contributed by atoms with van der Waals surface area (Å²) in [5, 5.41) is 4.11. The number of nitrogens with zero attached hydrogens (tertiary/aromatic N) is 2. The molecule has 0 saturated heterocycles. The standard InChI is InChI=1S/C23H19Cl2N3O2/c1-30-21-12-5-2-7-15(21)23(29)26-13-22-27-19-10-3-4-11-20(19)28(22)14-16-17(24)8-6-9-18(16)25/h2-12H,13-14H2,1H3,(H,26,29). The van der Waals surface area contributed by atoms with Gasteiger partial charge >= 0.3 is 0 Å². The van der Waals surface area contributed by atoms with Crippen molar-refractivity contribution in [2.45, 2.75) is 13.1 Å². The fourth-order valence-corrected chi connectivity index (χ4v) is 3.88. The van der Waals surface area contributed by atoms with Crippen LogP contribution >= 0.6 is 23.2 Å². The summed E-state index contributed by atoms with van der Waals surface area (Å²) in [5.41, 5.74) is 3.05. The molecule has 0 aliphatic carbocycles. The first-order chi connectivity index (χ1) is 14.6. The van der Waals surface area contributed by atoms with Crippen molar-refractivity contribution in [1.29, 1.82) is 0 Å². The number of aromatic nitrogens is 2. The highest BCUT2D eigenvalue weighted by Gasteiger charge is 2.16. The zero-order chi connectivity index (χ0) is 21.1. The summed E-state index contributed by atoms with van der Waals surface area (Å²) in [7, 11) is 1.54. The number of halogens is 2. The number of nitrogens with one attached hydrogen (secondary N) is 1.